The van der Waals surface area contributed by atoms with Crippen LogP contribution in [0, 0.1) is 11.3 Å². The summed E-state index contributed by atoms with van der Waals surface area (Å²) in [5, 5.41) is 21.7. The molecule has 1 saturated heterocycles. The second-order valence-corrected chi connectivity index (χ2v) is 15.0. The van der Waals surface area contributed by atoms with E-state index in [1.54, 1.807) is 18.5 Å². The highest BCUT2D eigenvalue weighted by Crippen LogP contribution is 2.40. The molecular formula is C21H26ClN5O2Si. The van der Waals surface area contributed by atoms with Crippen molar-refractivity contribution in [3.05, 3.63) is 29.2 Å². The minimum Gasteiger partial charge on any atom is -0.391 e. The zero-order valence-electron chi connectivity index (χ0n) is 17.5. The second kappa shape index (κ2) is 8.15. The molecular weight excluding hydrogens is 418 g/mol. The van der Waals surface area contributed by atoms with Crippen LogP contribution in [0.4, 0.5) is 5.69 Å². The summed E-state index contributed by atoms with van der Waals surface area (Å²) in [6.07, 6.45) is 3.68. The topological polar surface area (TPSA) is 87.2 Å². The third-order valence-corrected chi connectivity index (χ3v) is 7.48. The van der Waals surface area contributed by atoms with E-state index in [-0.39, 0.29) is 6.10 Å². The third-order valence-electron chi connectivity index (χ3n) is 5.50. The molecule has 1 aliphatic heterocycles. The molecule has 7 nitrogen and oxygen atoms in total. The molecule has 0 amide bonds. The lowest BCUT2D eigenvalue weighted by atomic mass is 10.1. The van der Waals surface area contributed by atoms with Crippen molar-refractivity contribution >= 4 is 47.3 Å². The van der Waals surface area contributed by atoms with Gasteiger partial charge in [0.25, 0.3) is 0 Å². The molecule has 0 radical (unpaired) electrons. The van der Waals surface area contributed by atoms with Crippen LogP contribution < -0.4 is 4.90 Å². The highest BCUT2D eigenvalue weighted by molar-refractivity contribution is 6.76. The smallest absolute Gasteiger partial charge is 0.145 e. The van der Waals surface area contributed by atoms with E-state index in [1.165, 1.54) is 0 Å². The van der Waals surface area contributed by atoms with Gasteiger partial charge in [-0.1, -0.05) is 31.2 Å². The molecule has 3 aromatic heterocycles. The third kappa shape index (κ3) is 4.03. The molecule has 0 aromatic carbocycles. The molecule has 4 heterocycles. The van der Waals surface area contributed by atoms with E-state index < -0.39 is 8.07 Å². The molecule has 1 fully saturated rings. The number of nitrogens with zero attached hydrogens (tertiary/aromatic N) is 5. The van der Waals surface area contributed by atoms with Gasteiger partial charge < -0.3 is 14.7 Å². The van der Waals surface area contributed by atoms with Gasteiger partial charge in [0, 0.05) is 33.2 Å². The largest absolute Gasteiger partial charge is 0.391 e. The van der Waals surface area contributed by atoms with Gasteiger partial charge in [0.1, 0.15) is 24.1 Å². The summed E-state index contributed by atoms with van der Waals surface area (Å²) in [5.41, 5.74) is 2.79. The number of aromatic nitrogens is 3. The van der Waals surface area contributed by atoms with Crippen LogP contribution in [0.1, 0.15) is 12.1 Å². The number of aliphatic hydroxyl groups is 1. The second-order valence-electron chi connectivity index (χ2n) is 9.02. The molecule has 0 bridgehead atoms. The fraction of sp³-hybridized carbons (Fsp3) is 0.476. The van der Waals surface area contributed by atoms with Crippen molar-refractivity contribution in [3.8, 4) is 6.07 Å². The first-order valence-electron chi connectivity index (χ1n) is 10.2. The van der Waals surface area contributed by atoms with Gasteiger partial charge in [0.05, 0.1) is 40.1 Å². The maximum absolute atomic E-state index is 10.1. The van der Waals surface area contributed by atoms with Crippen LogP contribution in [0.2, 0.25) is 30.7 Å². The maximum Gasteiger partial charge on any atom is 0.145 e. The number of β-amino-alcohol motifs (C(OH)–C–C–N with tert-alkyl or cyclic N) is 1. The Labute approximate surface area is 181 Å². The van der Waals surface area contributed by atoms with Crippen molar-refractivity contribution in [2.24, 2.45) is 0 Å². The number of aliphatic hydroxyl groups excluding tert-OH is 1. The summed E-state index contributed by atoms with van der Waals surface area (Å²) in [6.45, 7) is 9.26. The Morgan fingerprint density at radius 3 is 2.80 bits per heavy atom. The van der Waals surface area contributed by atoms with Gasteiger partial charge in [-0.15, -0.1) is 0 Å². The molecule has 0 aliphatic carbocycles. The van der Waals surface area contributed by atoms with Gasteiger partial charge >= 0.3 is 0 Å². The van der Waals surface area contributed by atoms with Crippen LogP contribution in [0.15, 0.2) is 18.5 Å². The van der Waals surface area contributed by atoms with E-state index in [4.69, 9.17) is 16.3 Å². The number of hydrogen-bond donors (Lipinski definition) is 1. The first-order valence-corrected chi connectivity index (χ1v) is 14.2. The van der Waals surface area contributed by atoms with Crippen molar-refractivity contribution < 1.29 is 9.84 Å². The SMILES string of the molecule is C[Si](C)(C)CCOCn1c2cnc(C#N)cc2c2c(N3CCC(O)C3)c(Cl)cnc21. The van der Waals surface area contributed by atoms with E-state index in [9.17, 15) is 10.4 Å². The Kier molecular flexibility index (Phi) is 5.73. The molecule has 1 aliphatic rings. The molecule has 1 N–H and O–H groups in total. The van der Waals surface area contributed by atoms with Crippen LogP contribution in [0.5, 0.6) is 0 Å². The maximum atomic E-state index is 10.1. The summed E-state index contributed by atoms with van der Waals surface area (Å²) >= 11 is 6.59. The number of ether oxygens (including phenoxy) is 1. The molecule has 1 unspecified atom stereocenters. The number of halogens is 1. The van der Waals surface area contributed by atoms with Gasteiger partial charge in [-0.25, -0.2) is 9.97 Å². The van der Waals surface area contributed by atoms with Gasteiger partial charge in [0.15, 0.2) is 0 Å². The normalized spacial score (nSPS) is 17.2. The molecule has 3 aromatic rings. The molecule has 9 heteroatoms. The average Bonchev–Trinajstić information content (AvgIpc) is 3.25. The van der Waals surface area contributed by atoms with Crippen LogP contribution >= 0.6 is 11.6 Å². The first kappa shape index (κ1) is 21.1. The fourth-order valence-corrected chi connectivity index (χ4v) is 4.90. The minimum absolute atomic E-state index is 0.341. The number of anilines is 1. The van der Waals surface area contributed by atoms with E-state index >= 15 is 0 Å². The van der Waals surface area contributed by atoms with Crippen LogP contribution in [-0.4, -0.2) is 53.5 Å². The highest BCUT2D eigenvalue weighted by Gasteiger charge is 2.27. The van der Waals surface area contributed by atoms with E-state index in [2.05, 4.69) is 40.6 Å². The van der Waals surface area contributed by atoms with E-state index in [1.807, 2.05) is 4.57 Å². The van der Waals surface area contributed by atoms with E-state index in [0.717, 1.165) is 40.2 Å². The predicted molar refractivity (Wildman–Crippen MR) is 122 cm³/mol. The van der Waals surface area contributed by atoms with Crippen molar-refractivity contribution in [1.29, 1.82) is 5.26 Å². The Hall–Kier alpha value is -2.18. The lowest BCUT2D eigenvalue weighted by Gasteiger charge is -2.20. The lowest BCUT2D eigenvalue weighted by molar-refractivity contribution is 0.0925. The Morgan fingerprint density at radius 2 is 2.13 bits per heavy atom. The number of fused-ring (bicyclic) bond motifs is 3. The minimum atomic E-state index is -1.19. The monoisotopic (exact) mass is 443 g/mol. The van der Waals surface area contributed by atoms with E-state index in [0.29, 0.717) is 37.0 Å². The number of nitriles is 1. The van der Waals surface area contributed by atoms with Crippen molar-refractivity contribution in [1.82, 2.24) is 14.5 Å². The van der Waals surface area contributed by atoms with Gasteiger partial charge in [-0.2, -0.15) is 5.26 Å². The first-order chi connectivity index (χ1) is 14.3. The summed E-state index contributed by atoms with van der Waals surface area (Å²) < 4.78 is 8.01. The fourth-order valence-electron chi connectivity index (χ4n) is 3.88. The van der Waals surface area contributed by atoms with Gasteiger partial charge in [-0.05, 0) is 18.5 Å². The summed E-state index contributed by atoms with van der Waals surface area (Å²) in [5.74, 6) is 0. The number of hydrogen-bond acceptors (Lipinski definition) is 6. The average molecular weight is 444 g/mol. The molecule has 0 saturated carbocycles. The summed E-state index contributed by atoms with van der Waals surface area (Å²) in [4.78, 5) is 11.0. The zero-order chi connectivity index (χ0) is 21.5. The van der Waals surface area contributed by atoms with Crippen molar-refractivity contribution in [2.45, 2.75) is 44.9 Å². The summed E-state index contributed by atoms with van der Waals surface area (Å²) in [7, 11) is -1.19. The van der Waals surface area contributed by atoms with Crippen LogP contribution in [-0.2, 0) is 11.5 Å². The number of pyridine rings is 2. The zero-order valence-corrected chi connectivity index (χ0v) is 19.3. The van der Waals surface area contributed by atoms with Crippen molar-refractivity contribution in [2.75, 3.05) is 24.6 Å². The number of rotatable bonds is 6. The molecule has 158 valence electrons. The predicted octanol–water partition coefficient (Wildman–Crippen LogP) is 3.99. The van der Waals surface area contributed by atoms with Gasteiger partial charge in [-0.3, -0.25) is 4.57 Å². The highest BCUT2D eigenvalue weighted by atomic mass is 35.5. The Bertz CT molecular complexity index is 1130. The summed E-state index contributed by atoms with van der Waals surface area (Å²) in [6, 6.07) is 4.98. The molecule has 1 atom stereocenters. The van der Waals surface area contributed by atoms with Crippen molar-refractivity contribution in [3.63, 3.8) is 0 Å². The Morgan fingerprint density at radius 1 is 1.33 bits per heavy atom. The lowest BCUT2D eigenvalue weighted by Crippen LogP contribution is -2.22. The quantitative estimate of drug-likeness (QED) is 0.457. The van der Waals surface area contributed by atoms with Crippen LogP contribution in [0.3, 0.4) is 0 Å². The molecule has 30 heavy (non-hydrogen) atoms. The van der Waals surface area contributed by atoms with Gasteiger partial charge in [0.2, 0.25) is 0 Å². The standard InChI is InChI=1S/C21H26ClN5O2Si/c1-30(2,3)7-6-29-13-27-18-11-24-14(9-23)8-16(18)19-20(17(22)10-25-21(19)27)26-5-4-15(28)12-26/h8,10-11,15,28H,4-7,12-13H2,1-3H3. The molecule has 4 rings (SSSR count). The Balaban J connectivity index is 1.84. The van der Waals surface area contributed by atoms with Crippen LogP contribution in [0.25, 0.3) is 21.9 Å². The molecule has 0 spiro atoms.